The van der Waals surface area contributed by atoms with Crippen molar-refractivity contribution in [2.75, 3.05) is 45.9 Å². The summed E-state index contributed by atoms with van der Waals surface area (Å²) in [5.41, 5.74) is 0.274. The van der Waals surface area contributed by atoms with Crippen LogP contribution in [0.2, 0.25) is 0 Å². The molecule has 2 aliphatic heterocycles. The zero-order valence-electron chi connectivity index (χ0n) is 17.2. The Labute approximate surface area is 168 Å². The van der Waals surface area contributed by atoms with E-state index >= 15 is 0 Å². The van der Waals surface area contributed by atoms with Crippen molar-refractivity contribution >= 4 is 17.3 Å². The van der Waals surface area contributed by atoms with Crippen LogP contribution in [0.25, 0.3) is 0 Å². The lowest BCUT2D eigenvalue weighted by Gasteiger charge is -2.45. The number of hydrogen-bond acceptors (Lipinski definition) is 4. The van der Waals surface area contributed by atoms with Crippen LogP contribution in [0.1, 0.15) is 51.3 Å². The number of nitrogens with one attached hydrogen (secondary N) is 2. The van der Waals surface area contributed by atoms with Gasteiger partial charge in [0.1, 0.15) is 0 Å². The summed E-state index contributed by atoms with van der Waals surface area (Å²) >= 11 is 1.82. The van der Waals surface area contributed by atoms with Crippen LogP contribution in [0.15, 0.2) is 22.5 Å². The average molecular weight is 393 g/mol. The second-order valence-corrected chi connectivity index (χ2v) is 9.39. The lowest BCUT2D eigenvalue weighted by Crippen LogP contribution is -2.58. The number of thiophene rings is 1. The minimum atomic E-state index is 0.0574. The molecule has 6 heteroatoms. The van der Waals surface area contributed by atoms with E-state index in [2.05, 4.69) is 53.8 Å². The standard InChI is InChI=1S/C21H36N4OS/c1-4-22-19(23-16-20(2,3)18-8-7-15-27-18)24-17-21(9-13-26-14-10-21)25-11-5-6-12-25/h7-8,15H,4-6,9-14,16-17H2,1-3H3,(H2,22,23,24). The zero-order valence-corrected chi connectivity index (χ0v) is 18.0. The first-order chi connectivity index (χ1) is 13.1. The summed E-state index contributed by atoms with van der Waals surface area (Å²) in [5, 5.41) is 9.26. The number of ether oxygens (including phenoxy) is 1. The molecule has 0 aromatic carbocycles. The van der Waals surface area contributed by atoms with Gasteiger partial charge in [-0.3, -0.25) is 9.89 Å². The normalized spacial score (nSPS) is 21.4. The van der Waals surface area contributed by atoms with Crippen molar-refractivity contribution in [3.05, 3.63) is 22.4 Å². The summed E-state index contributed by atoms with van der Waals surface area (Å²) in [6.07, 6.45) is 4.87. The third-order valence-electron chi connectivity index (χ3n) is 5.95. The van der Waals surface area contributed by atoms with Crippen molar-refractivity contribution in [2.24, 2.45) is 4.99 Å². The number of rotatable bonds is 7. The summed E-state index contributed by atoms with van der Waals surface area (Å²) < 4.78 is 5.67. The Kier molecular flexibility index (Phi) is 7.17. The van der Waals surface area contributed by atoms with Gasteiger partial charge in [-0.05, 0) is 57.1 Å². The maximum atomic E-state index is 5.67. The van der Waals surface area contributed by atoms with Crippen LogP contribution in [-0.2, 0) is 10.2 Å². The van der Waals surface area contributed by atoms with E-state index in [1.165, 1.54) is 30.8 Å². The molecule has 0 bridgehead atoms. The summed E-state index contributed by atoms with van der Waals surface area (Å²) in [5.74, 6) is 0.937. The van der Waals surface area contributed by atoms with E-state index in [-0.39, 0.29) is 11.0 Å². The molecular weight excluding hydrogens is 356 g/mol. The van der Waals surface area contributed by atoms with Crippen molar-refractivity contribution < 1.29 is 4.74 Å². The zero-order chi connectivity index (χ0) is 19.2. The first-order valence-electron chi connectivity index (χ1n) is 10.4. The topological polar surface area (TPSA) is 48.9 Å². The lowest BCUT2D eigenvalue weighted by molar-refractivity contribution is -0.0164. The molecule has 3 heterocycles. The van der Waals surface area contributed by atoms with Gasteiger partial charge in [-0.1, -0.05) is 19.9 Å². The van der Waals surface area contributed by atoms with Gasteiger partial charge in [0.15, 0.2) is 5.96 Å². The van der Waals surface area contributed by atoms with E-state index in [0.717, 1.165) is 51.6 Å². The molecule has 0 spiro atoms. The fourth-order valence-corrected chi connectivity index (χ4v) is 5.00. The van der Waals surface area contributed by atoms with Gasteiger partial charge in [0.25, 0.3) is 0 Å². The molecule has 2 aliphatic rings. The maximum absolute atomic E-state index is 5.67. The van der Waals surface area contributed by atoms with Crippen molar-refractivity contribution in [2.45, 2.75) is 57.4 Å². The van der Waals surface area contributed by atoms with Crippen molar-refractivity contribution in [1.82, 2.24) is 15.5 Å². The quantitative estimate of drug-likeness (QED) is 0.553. The van der Waals surface area contributed by atoms with Crippen LogP contribution in [0, 0.1) is 0 Å². The molecule has 3 rings (SSSR count). The minimum absolute atomic E-state index is 0.0574. The Morgan fingerprint density at radius 2 is 2.00 bits per heavy atom. The van der Waals surface area contributed by atoms with E-state index in [1.807, 2.05) is 11.3 Å². The predicted octanol–water partition coefficient (Wildman–Crippen LogP) is 3.23. The fourth-order valence-electron chi connectivity index (χ4n) is 4.16. The van der Waals surface area contributed by atoms with Gasteiger partial charge in [0.05, 0.1) is 6.54 Å². The highest BCUT2D eigenvalue weighted by Crippen LogP contribution is 2.31. The molecular formula is C21H36N4OS. The number of likely N-dealkylation sites (tertiary alicyclic amines) is 1. The van der Waals surface area contributed by atoms with Gasteiger partial charge in [-0.15, -0.1) is 11.3 Å². The predicted molar refractivity (Wildman–Crippen MR) is 115 cm³/mol. The van der Waals surface area contributed by atoms with E-state index in [4.69, 9.17) is 9.73 Å². The second kappa shape index (κ2) is 9.39. The number of aliphatic imine (C=N–C) groups is 1. The van der Waals surface area contributed by atoms with Crippen LogP contribution < -0.4 is 10.6 Å². The first kappa shape index (κ1) is 20.6. The summed E-state index contributed by atoms with van der Waals surface area (Å²) in [4.78, 5) is 9.02. The minimum Gasteiger partial charge on any atom is -0.381 e. The maximum Gasteiger partial charge on any atom is 0.191 e. The second-order valence-electron chi connectivity index (χ2n) is 8.44. The SMILES string of the molecule is CCNC(=NCC(C)(C)c1cccs1)NCC1(N2CCCC2)CCOCC1. The molecule has 27 heavy (non-hydrogen) atoms. The van der Waals surface area contributed by atoms with Crippen LogP contribution in [-0.4, -0.2) is 62.3 Å². The molecule has 0 aliphatic carbocycles. The smallest absolute Gasteiger partial charge is 0.191 e. The Morgan fingerprint density at radius 3 is 2.63 bits per heavy atom. The Balaban J connectivity index is 1.65. The molecule has 0 radical (unpaired) electrons. The van der Waals surface area contributed by atoms with Crippen molar-refractivity contribution in [3.8, 4) is 0 Å². The van der Waals surface area contributed by atoms with E-state index < -0.39 is 0 Å². The molecule has 1 aromatic rings. The molecule has 0 amide bonds. The van der Waals surface area contributed by atoms with E-state index in [1.54, 1.807) is 0 Å². The Morgan fingerprint density at radius 1 is 1.26 bits per heavy atom. The lowest BCUT2D eigenvalue weighted by atomic mass is 9.88. The largest absolute Gasteiger partial charge is 0.381 e. The summed E-state index contributed by atoms with van der Waals surface area (Å²) in [6.45, 7) is 13.5. The molecule has 0 unspecified atom stereocenters. The van der Waals surface area contributed by atoms with Crippen LogP contribution in [0.3, 0.4) is 0 Å². The molecule has 1 aromatic heterocycles. The van der Waals surface area contributed by atoms with Gasteiger partial charge < -0.3 is 15.4 Å². The van der Waals surface area contributed by atoms with Gasteiger partial charge in [-0.25, -0.2) is 0 Å². The Hall–Kier alpha value is -1.11. The van der Waals surface area contributed by atoms with Crippen molar-refractivity contribution in [1.29, 1.82) is 0 Å². The van der Waals surface area contributed by atoms with Gasteiger partial charge in [0, 0.05) is 42.1 Å². The summed E-state index contributed by atoms with van der Waals surface area (Å²) in [7, 11) is 0. The number of hydrogen-bond donors (Lipinski definition) is 2. The average Bonchev–Trinajstić information content (AvgIpc) is 3.39. The molecule has 2 N–H and O–H groups in total. The van der Waals surface area contributed by atoms with Crippen LogP contribution in [0.5, 0.6) is 0 Å². The molecule has 0 saturated carbocycles. The van der Waals surface area contributed by atoms with E-state index in [0.29, 0.717) is 0 Å². The van der Waals surface area contributed by atoms with Crippen LogP contribution >= 0.6 is 11.3 Å². The highest BCUT2D eigenvalue weighted by Gasteiger charge is 2.39. The van der Waals surface area contributed by atoms with Gasteiger partial charge in [0.2, 0.25) is 0 Å². The molecule has 5 nitrogen and oxygen atoms in total. The van der Waals surface area contributed by atoms with Crippen LogP contribution in [0.4, 0.5) is 0 Å². The Bertz CT molecular complexity index is 587. The fraction of sp³-hybridized carbons (Fsp3) is 0.762. The third-order valence-corrected chi connectivity index (χ3v) is 7.19. The molecule has 152 valence electrons. The molecule has 2 saturated heterocycles. The monoisotopic (exact) mass is 392 g/mol. The highest BCUT2D eigenvalue weighted by atomic mass is 32.1. The third kappa shape index (κ3) is 5.24. The van der Waals surface area contributed by atoms with Gasteiger partial charge in [-0.2, -0.15) is 0 Å². The number of guanidine groups is 1. The molecule has 2 fully saturated rings. The first-order valence-corrected chi connectivity index (χ1v) is 11.3. The van der Waals surface area contributed by atoms with E-state index in [9.17, 15) is 0 Å². The van der Waals surface area contributed by atoms with Gasteiger partial charge >= 0.3 is 0 Å². The molecule has 0 atom stereocenters. The highest BCUT2D eigenvalue weighted by molar-refractivity contribution is 7.10. The summed E-state index contributed by atoms with van der Waals surface area (Å²) in [6, 6.07) is 4.34. The number of nitrogens with zero attached hydrogens (tertiary/aromatic N) is 2. The van der Waals surface area contributed by atoms with Crippen molar-refractivity contribution in [3.63, 3.8) is 0 Å².